The van der Waals surface area contributed by atoms with Gasteiger partial charge in [-0.05, 0) is 13.0 Å². The summed E-state index contributed by atoms with van der Waals surface area (Å²) in [5.41, 5.74) is 7.33. The standard InChI is InChI=1S/C6H9NO/c1-5-4-8-3-2-6(5)7/h2,4H,3,7H2,1H3. The lowest BCUT2D eigenvalue weighted by Crippen LogP contribution is -2.05. The predicted octanol–water partition coefficient (Wildman–Crippen LogP) is 0.763. The minimum atomic E-state index is 0.614. The predicted molar refractivity (Wildman–Crippen MR) is 32.0 cm³/mol. The number of rotatable bonds is 0. The lowest BCUT2D eigenvalue weighted by molar-refractivity contribution is 0.280. The number of ether oxygens (including phenoxy) is 1. The van der Waals surface area contributed by atoms with E-state index in [0.717, 1.165) is 11.3 Å². The second kappa shape index (κ2) is 1.90. The Bertz CT molecular complexity index is 129. The smallest absolute Gasteiger partial charge is 0.108 e. The number of nitrogens with two attached hydrogens (primary N) is 1. The van der Waals surface area contributed by atoms with Crippen LogP contribution in [0.5, 0.6) is 0 Å². The molecule has 0 spiro atoms. The molecule has 0 saturated heterocycles. The maximum absolute atomic E-state index is 5.49. The van der Waals surface area contributed by atoms with Crippen molar-refractivity contribution in [3.8, 4) is 0 Å². The molecule has 2 nitrogen and oxygen atoms in total. The molecule has 2 heteroatoms. The van der Waals surface area contributed by atoms with E-state index in [1.54, 1.807) is 6.26 Å². The molecular weight excluding hydrogens is 102 g/mol. The first-order valence-corrected chi connectivity index (χ1v) is 2.55. The van der Waals surface area contributed by atoms with Gasteiger partial charge in [0.2, 0.25) is 0 Å². The van der Waals surface area contributed by atoms with Crippen LogP contribution in [0.15, 0.2) is 23.6 Å². The zero-order valence-corrected chi connectivity index (χ0v) is 4.85. The summed E-state index contributed by atoms with van der Waals surface area (Å²) in [6, 6.07) is 0. The Kier molecular flexibility index (Phi) is 1.24. The van der Waals surface area contributed by atoms with Gasteiger partial charge in [0.05, 0.1) is 6.26 Å². The molecule has 0 radical (unpaired) electrons. The highest BCUT2D eigenvalue weighted by atomic mass is 16.5. The van der Waals surface area contributed by atoms with Crippen molar-refractivity contribution in [2.24, 2.45) is 5.73 Å². The fourth-order valence-electron chi connectivity index (χ4n) is 0.540. The molecule has 8 heavy (non-hydrogen) atoms. The van der Waals surface area contributed by atoms with Crippen LogP contribution in [0.3, 0.4) is 0 Å². The van der Waals surface area contributed by atoms with Crippen molar-refractivity contribution in [3.63, 3.8) is 0 Å². The third-order valence-electron chi connectivity index (χ3n) is 1.11. The van der Waals surface area contributed by atoms with Crippen LogP contribution in [0.2, 0.25) is 0 Å². The molecule has 0 unspecified atom stereocenters. The fraction of sp³-hybridized carbons (Fsp3) is 0.333. The molecule has 1 heterocycles. The van der Waals surface area contributed by atoms with Gasteiger partial charge in [0.25, 0.3) is 0 Å². The molecular formula is C6H9NO. The molecule has 0 aliphatic carbocycles. The molecule has 0 atom stereocenters. The highest BCUT2D eigenvalue weighted by molar-refractivity contribution is 5.26. The molecule has 0 aromatic rings. The van der Waals surface area contributed by atoms with Crippen LogP contribution in [0.1, 0.15) is 6.92 Å². The molecule has 0 saturated carbocycles. The van der Waals surface area contributed by atoms with E-state index in [4.69, 9.17) is 10.5 Å². The molecule has 0 bridgehead atoms. The molecule has 1 aliphatic heterocycles. The van der Waals surface area contributed by atoms with Gasteiger partial charge >= 0.3 is 0 Å². The number of hydrogen-bond acceptors (Lipinski definition) is 2. The van der Waals surface area contributed by atoms with E-state index in [2.05, 4.69) is 0 Å². The zero-order valence-electron chi connectivity index (χ0n) is 4.85. The van der Waals surface area contributed by atoms with Crippen molar-refractivity contribution in [2.75, 3.05) is 6.61 Å². The summed E-state index contributed by atoms with van der Waals surface area (Å²) in [4.78, 5) is 0. The monoisotopic (exact) mass is 111 g/mol. The van der Waals surface area contributed by atoms with Gasteiger partial charge in [-0.2, -0.15) is 0 Å². The van der Waals surface area contributed by atoms with Gasteiger partial charge < -0.3 is 10.5 Å². The average molecular weight is 111 g/mol. The molecule has 0 amide bonds. The van der Waals surface area contributed by atoms with Crippen molar-refractivity contribution in [2.45, 2.75) is 6.92 Å². The molecule has 1 aliphatic rings. The summed E-state index contributed by atoms with van der Waals surface area (Å²) in [6.07, 6.45) is 3.53. The van der Waals surface area contributed by atoms with Crippen LogP contribution in [0.25, 0.3) is 0 Å². The number of allylic oxidation sites excluding steroid dienone is 1. The van der Waals surface area contributed by atoms with Crippen LogP contribution in [0.4, 0.5) is 0 Å². The van der Waals surface area contributed by atoms with Crippen LogP contribution >= 0.6 is 0 Å². The quantitative estimate of drug-likeness (QED) is 0.501. The summed E-state index contributed by atoms with van der Waals surface area (Å²) in [6.45, 7) is 2.54. The normalized spacial score (nSPS) is 18.6. The minimum Gasteiger partial charge on any atom is -0.497 e. The van der Waals surface area contributed by atoms with E-state index in [9.17, 15) is 0 Å². The fourth-order valence-corrected chi connectivity index (χ4v) is 0.540. The molecule has 2 N–H and O–H groups in total. The Morgan fingerprint density at radius 3 is 2.88 bits per heavy atom. The third kappa shape index (κ3) is 0.832. The van der Waals surface area contributed by atoms with Crippen molar-refractivity contribution in [3.05, 3.63) is 23.6 Å². The second-order valence-corrected chi connectivity index (χ2v) is 1.79. The molecule has 0 aromatic heterocycles. The molecule has 44 valence electrons. The van der Waals surface area contributed by atoms with Crippen molar-refractivity contribution in [1.82, 2.24) is 0 Å². The highest BCUT2D eigenvalue weighted by Gasteiger charge is 1.97. The Hall–Kier alpha value is -0.920. The van der Waals surface area contributed by atoms with Gasteiger partial charge in [-0.15, -0.1) is 0 Å². The Morgan fingerprint density at radius 1 is 1.75 bits per heavy atom. The largest absolute Gasteiger partial charge is 0.497 e. The van der Waals surface area contributed by atoms with E-state index >= 15 is 0 Å². The van der Waals surface area contributed by atoms with Crippen molar-refractivity contribution < 1.29 is 4.74 Å². The van der Waals surface area contributed by atoms with E-state index < -0.39 is 0 Å². The summed E-state index contributed by atoms with van der Waals surface area (Å²) in [5, 5.41) is 0. The van der Waals surface area contributed by atoms with Gasteiger partial charge in [0, 0.05) is 11.3 Å². The summed E-state index contributed by atoms with van der Waals surface area (Å²) in [7, 11) is 0. The van der Waals surface area contributed by atoms with Gasteiger partial charge in [0.1, 0.15) is 6.61 Å². The Balaban J connectivity index is 2.73. The first-order valence-electron chi connectivity index (χ1n) is 2.55. The van der Waals surface area contributed by atoms with Gasteiger partial charge in [0.15, 0.2) is 0 Å². The van der Waals surface area contributed by atoms with E-state index in [1.165, 1.54) is 0 Å². The minimum absolute atomic E-state index is 0.614. The first-order chi connectivity index (χ1) is 3.80. The summed E-state index contributed by atoms with van der Waals surface area (Å²) < 4.78 is 4.93. The Labute approximate surface area is 48.6 Å². The second-order valence-electron chi connectivity index (χ2n) is 1.79. The first kappa shape index (κ1) is 5.22. The third-order valence-corrected chi connectivity index (χ3v) is 1.11. The highest BCUT2D eigenvalue weighted by Crippen LogP contribution is 2.06. The maximum atomic E-state index is 5.49. The van der Waals surface area contributed by atoms with Crippen LogP contribution in [-0.4, -0.2) is 6.61 Å². The van der Waals surface area contributed by atoms with Gasteiger partial charge in [-0.25, -0.2) is 0 Å². The summed E-state index contributed by atoms with van der Waals surface area (Å²) >= 11 is 0. The van der Waals surface area contributed by atoms with E-state index in [0.29, 0.717) is 6.61 Å². The molecule has 0 aromatic carbocycles. The Morgan fingerprint density at radius 2 is 2.50 bits per heavy atom. The summed E-state index contributed by atoms with van der Waals surface area (Å²) in [5.74, 6) is 0. The van der Waals surface area contributed by atoms with Crippen LogP contribution in [-0.2, 0) is 4.74 Å². The topological polar surface area (TPSA) is 35.2 Å². The van der Waals surface area contributed by atoms with Crippen molar-refractivity contribution >= 4 is 0 Å². The van der Waals surface area contributed by atoms with Crippen molar-refractivity contribution in [1.29, 1.82) is 0 Å². The SMILES string of the molecule is CC1=COCC=C1N. The van der Waals surface area contributed by atoms with E-state index in [1.807, 2.05) is 13.0 Å². The maximum Gasteiger partial charge on any atom is 0.108 e. The molecule has 0 fully saturated rings. The lowest BCUT2D eigenvalue weighted by atomic mass is 10.2. The van der Waals surface area contributed by atoms with Crippen LogP contribution in [0, 0.1) is 0 Å². The van der Waals surface area contributed by atoms with Gasteiger partial charge in [-0.1, -0.05) is 0 Å². The van der Waals surface area contributed by atoms with Crippen LogP contribution < -0.4 is 5.73 Å². The zero-order chi connectivity index (χ0) is 5.98. The van der Waals surface area contributed by atoms with Gasteiger partial charge in [-0.3, -0.25) is 0 Å². The number of hydrogen-bond donors (Lipinski definition) is 1. The van der Waals surface area contributed by atoms with E-state index in [-0.39, 0.29) is 0 Å². The lowest BCUT2D eigenvalue weighted by Gasteiger charge is -2.07. The average Bonchev–Trinajstić information content (AvgIpc) is 1.77. The molecule has 1 rings (SSSR count).